The van der Waals surface area contributed by atoms with E-state index in [9.17, 15) is 9.90 Å². The fraction of sp³-hybridized carbons (Fsp3) is 0.250. The molecule has 1 aromatic rings. The highest BCUT2D eigenvalue weighted by atomic mass is 35.5. The van der Waals surface area contributed by atoms with Gasteiger partial charge in [0.1, 0.15) is 0 Å². The summed E-state index contributed by atoms with van der Waals surface area (Å²) < 4.78 is 9.68. The molecule has 0 aliphatic heterocycles. The van der Waals surface area contributed by atoms with Crippen LogP contribution in [0.2, 0.25) is 0 Å². The van der Waals surface area contributed by atoms with Crippen molar-refractivity contribution in [3.05, 3.63) is 23.8 Å². The van der Waals surface area contributed by atoms with Crippen molar-refractivity contribution in [2.45, 2.75) is 6.92 Å². The van der Waals surface area contributed by atoms with E-state index in [2.05, 4.69) is 0 Å². The van der Waals surface area contributed by atoms with Crippen LogP contribution in [0.5, 0.6) is 11.5 Å². The van der Waals surface area contributed by atoms with Crippen molar-refractivity contribution in [3.8, 4) is 11.5 Å². The van der Waals surface area contributed by atoms with E-state index in [0.717, 1.165) is 0 Å². The molecule has 0 aliphatic rings. The Hall–Kier alpha value is -1.88. The van der Waals surface area contributed by atoms with Crippen LogP contribution in [0.25, 0.3) is 6.08 Å². The molecule has 0 aromatic heterocycles. The summed E-state index contributed by atoms with van der Waals surface area (Å²) in [5.41, 5.74) is 6.41. The quantitative estimate of drug-likeness (QED) is 0.379. The molecule has 0 saturated carbocycles. The summed E-state index contributed by atoms with van der Waals surface area (Å²) in [6.07, 6.45) is 2.82. The molecule has 18 heavy (non-hydrogen) atoms. The SMILES string of the molecule is CCOC(=O)/C=C/c1cc(N)c(O)c(OC)c1.Cl. The monoisotopic (exact) mass is 273 g/mol. The topological polar surface area (TPSA) is 81.8 Å². The van der Waals surface area contributed by atoms with E-state index >= 15 is 0 Å². The molecule has 0 amide bonds. The number of ether oxygens (including phenoxy) is 2. The fourth-order valence-corrected chi connectivity index (χ4v) is 1.26. The highest BCUT2D eigenvalue weighted by Crippen LogP contribution is 2.33. The Bertz CT molecular complexity index is 446. The van der Waals surface area contributed by atoms with Crippen LogP contribution in [0, 0.1) is 0 Å². The number of carbonyl (C=O) groups excluding carboxylic acids is 1. The number of anilines is 1. The zero-order chi connectivity index (χ0) is 12.8. The summed E-state index contributed by atoms with van der Waals surface area (Å²) in [7, 11) is 1.42. The molecule has 0 bridgehead atoms. The van der Waals surface area contributed by atoms with E-state index in [1.54, 1.807) is 13.0 Å². The van der Waals surface area contributed by atoms with Crippen molar-refractivity contribution in [1.29, 1.82) is 0 Å². The van der Waals surface area contributed by atoms with Crippen LogP contribution in [0.15, 0.2) is 18.2 Å². The molecule has 100 valence electrons. The average molecular weight is 274 g/mol. The third-order valence-electron chi connectivity index (χ3n) is 2.05. The predicted molar refractivity (Wildman–Crippen MR) is 72.0 cm³/mol. The molecule has 0 aliphatic carbocycles. The van der Waals surface area contributed by atoms with Crippen LogP contribution in [0.1, 0.15) is 12.5 Å². The van der Waals surface area contributed by atoms with Gasteiger partial charge in [0.15, 0.2) is 11.5 Å². The van der Waals surface area contributed by atoms with Crippen molar-refractivity contribution in [1.82, 2.24) is 0 Å². The third-order valence-corrected chi connectivity index (χ3v) is 2.05. The van der Waals surface area contributed by atoms with E-state index in [-0.39, 0.29) is 29.6 Å². The number of carbonyl (C=O) groups is 1. The minimum absolute atomic E-state index is 0. The van der Waals surface area contributed by atoms with Gasteiger partial charge in [-0.05, 0) is 30.7 Å². The van der Waals surface area contributed by atoms with Gasteiger partial charge in [-0.2, -0.15) is 0 Å². The zero-order valence-electron chi connectivity index (χ0n) is 10.2. The normalized spacial score (nSPS) is 9.89. The van der Waals surface area contributed by atoms with Crippen molar-refractivity contribution >= 4 is 30.1 Å². The van der Waals surface area contributed by atoms with Crippen LogP contribution in [0.3, 0.4) is 0 Å². The maximum Gasteiger partial charge on any atom is 0.330 e. The summed E-state index contributed by atoms with van der Waals surface area (Å²) in [6, 6.07) is 3.11. The predicted octanol–water partition coefficient (Wildman–Crippen LogP) is 1.98. The number of halogens is 1. The molecule has 0 fully saturated rings. The summed E-state index contributed by atoms with van der Waals surface area (Å²) in [4.78, 5) is 11.1. The summed E-state index contributed by atoms with van der Waals surface area (Å²) in [5.74, 6) is -0.285. The first kappa shape index (κ1) is 16.1. The van der Waals surface area contributed by atoms with Crippen LogP contribution in [-0.2, 0) is 9.53 Å². The lowest BCUT2D eigenvalue weighted by molar-refractivity contribution is -0.137. The van der Waals surface area contributed by atoms with E-state index in [1.807, 2.05) is 0 Å². The second-order valence-electron chi connectivity index (χ2n) is 3.25. The number of hydrogen-bond acceptors (Lipinski definition) is 5. The molecule has 6 heteroatoms. The van der Waals surface area contributed by atoms with Crippen molar-refractivity contribution in [2.24, 2.45) is 0 Å². The van der Waals surface area contributed by atoms with Crippen molar-refractivity contribution < 1.29 is 19.4 Å². The van der Waals surface area contributed by atoms with Gasteiger partial charge in [-0.25, -0.2) is 4.79 Å². The maximum atomic E-state index is 11.1. The summed E-state index contributed by atoms with van der Waals surface area (Å²) in [5, 5.41) is 9.52. The lowest BCUT2D eigenvalue weighted by Crippen LogP contribution is -1.98. The van der Waals surface area contributed by atoms with Crippen LogP contribution >= 0.6 is 12.4 Å². The minimum Gasteiger partial charge on any atom is -0.503 e. The molecule has 5 nitrogen and oxygen atoms in total. The molecule has 1 rings (SSSR count). The molecule has 0 heterocycles. The molecule has 3 N–H and O–H groups in total. The highest BCUT2D eigenvalue weighted by molar-refractivity contribution is 5.87. The Morgan fingerprint density at radius 3 is 2.72 bits per heavy atom. The fourth-order valence-electron chi connectivity index (χ4n) is 1.26. The molecule has 0 unspecified atom stereocenters. The lowest BCUT2D eigenvalue weighted by atomic mass is 10.1. The molecular weight excluding hydrogens is 258 g/mol. The largest absolute Gasteiger partial charge is 0.503 e. The number of nitrogens with two attached hydrogens (primary N) is 1. The average Bonchev–Trinajstić information content (AvgIpc) is 2.31. The van der Waals surface area contributed by atoms with Gasteiger partial charge in [0.05, 0.1) is 19.4 Å². The zero-order valence-corrected chi connectivity index (χ0v) is 11.0. The van der Waals surface area contributed by atoms with E-state index in [4.69, 9.17) is 15.2 Å². The van der Waals surface area contributed by atoms with Crippen molar-refractivity contribution in [2.75, 3.05) is 19.5 Å². The molecule has 0 radical (unpaired) electrons. The highest BCUT2D eigenvalue weighted by Gasteiger charge is 2.06. The van der Waals surface area contributed by atoms with E-state index in [1.165, 1.54) is 25.3 Å². The van der Waals surface area contributed by atoms with Gasteiger partial charge < -0.3 is 20.3 Å². The number of methoxy groups -OCH3 is 1. The van der Waals surface area contributed by atoms with Gasteiger partial charge >= 0.3 is 5.97 Å². The molecular formula is C12H16ClNO4. The van der Waals surface area contributed by atoms with E-state index < -0.39 is 5.97 Å². The number of esters is 1. The van der Waals surface area contributed by atoms with Gasteiger partial charge in [-0.3, -0.25) is 0 Å². The first-order valence-electron chi connectivity index (χ1n) is 5.09. The summed E-state index contributed by atoms with van der Waals surface area (Å²) >= 11 is 0. The van der Waals surface area contributed by atoms with Gasteiger partial charge in [0.2, 0.25) is 0 Å². The standard InChI is InChI=1S/C12H15NO4.ClH/c1-3-17-11(14)5-4-8-6-9(13)12(15)10(7-8)16-2;/h4-7,15H,3,13H2,1-2H3;1H/b5-4+;. The first-order chi connectivity index (χ1) is 8.08. The van der Waals surface area contributed by atoms with Gasteiger partial charge in [0, 0.05) is 6.08 Å². The number of rotatable bonds is 4. The smallest absolute Gasteiger partial charge is 0.330 e. The summed E-state index contributed by atoms with van der Waals surface area (Å²) in [6.45, 7) is 2.05. The number of nitrogen functional groups attached to an aromatic ring is 1. The molecule has 1 aromatic carbocycles. The van der Waals surface area contributed by atoms with Gasteiger partial charge in [-0.15, -0.1) is 12.4 Å². The molecule has 0 saturated heterocycles. The van der Waals surface area contributed by atoms with Crippen molar-refractivity contribution in [3.63, 3.8) is 0 Å². The van der Waals surface area contributed by atoms with Gasteiger partial charge in [0.25, 0.3) is 0 Å². The maximum absolute atomic E-state index is 11.1. The Morgan fingerprint density at radius 1 is 1.50 bits per heavy atom. The van der Waals surface area contributed by atoms with E-state index in [0.29, 0.717) is 12.2 Å². The number of phenolic OH excluding ortho intramolecular Hbond substituents is 1. The number of aromatic hydroxyl groups is 1. The first-order valence-corrected chi connectivity index (χ1v) is 5.09. The number of hydrogen-bond donors (Lipinski definition) is 2. The van der Waals surface area contributed by atoms with Crippen LogP contribution < -0.4 is 10.5 Å². The van der Waals surface area contributed by atoms with Crippen LogP contribution in [0.4, 0.5) is 5.69 Å². The second-order valence-corrected chi connectivity index (χ2v) is 3.25. The number of phenols is 1. The molecule has 0 atom stereocenters. The number of benzene rings is 1. The second kappa shape index (κ2) is 7.45. The Morgan fingerprint density at radius 2 is 2.17 bits per heavy atom. The Labute approximate surface area is 112 Å². The third kappa shape index (κ3) is 4.18. The van der Waals surface area contributed by atoms with Gasteiger partial charge in [-0.1, -0.05) is 0 Å². The molecule has 0 spiro atoms. The Balaban J connectivity index is 0.00000289. The Kier molecular flexibility index (Phi) is 6.67. The van der Waals surface area contributed by atoms with Crippen LogP contribution in [-0.4, -0.2) is 24.8 Å². The lowest BCUT2D eigenvalue weighted by Gasteiger charge is -2.07. The minimum atomic E-state index is -0.432.